The van der Waals surface area contributed by atoms with Gasteiger partial charge in [0.05, 0.1) is 12.1 Å². The maximum atomic E-state index is 12.4. The molecule has 1 atom stereocenters. The molecular formula is C16H16ClN3O4. The maximum absolute atomic E-state index is 12.4. The molecule has 2 N–H and O–H groups in total. The Morgan fingerprint density at radius 3 is 2.92 bits per heavy atom. The third kappa shape index (κ3) is 2.94. The van der Waals surface area contributed by atoms with E-state index in [1.165, 1.54) is 0 Å². The van der Waals surface area contributed by atoms with Crippen LogP contribution in [-0.2, 0) is 11.2 Å². The molecule has 2 heterocycles. The quantitative estimate of drug-likeness (QED) is 0.826. The summed E-state index contributed by atoms with van der Waals surface area (Å²) in [5.74, 6) is -0.244. The van der Waals surface area contributed by atoms with E-state index in [1.807, 2.05) is 0 Å². The van der Waals surface area contributed by atoms with Gasteiger partial charge in [0.25, 0.3) is 5.91 Å². The van der Waals surface area contributed by atoms with Crippen LogP contribution in [-0.4, -0.2) is 35.7 Å². The van der Waals surface area contributed by atoms with Crippen LogP contribution in [0.2, 0.25) is 5.02 Å². The Morgan fingerprint density at radius 1 is 1.42 bits per heavy atom. The minimum absolute atomic E-state index is 0.205. The average Bonchev–Trinajstić information content (AvgIpc) is 3.00. The molecule has 1 aromatic carbocycles. The number of hydrogen-bond donors (Lipinski definition) is 2. The second-order valence-electron chi connectivity index (χ2n) is 5.37. The highest BCUT2D eigenvalue weighted by atomic mass is 35.5. The molecule has 8 heteroatoms. The monoisotopic (exact) mass is 349 g/mol. The zero-order valence-corrected chi connectivity index (χ0v) is 13.9. The van der Waals surface area contributed by atoms with Crippen LogP contribution in [0.25, 0.3) is 0 Å². The van der Waals surface area contributed by atoms with E-state index in [1.54, 1.807) is 32.2 Å². The number of hydrogen-bond acceptors (Lipinski definition) is 5. The molecule has 2 aromatic rings. The summed E-state index contributed by atoms with van der Waals surface area (Å²) >= 11 is 6.20. The summed E-state index contributed by atoms with van der Waals surface area (Å²) in [4.78, 5) is 24.1. The van der Waals surface area contributed by atoms with Crippen molar-refractivity contribution in [1.82, 2.24) is 15.5 Å². The molecule has 0 saturated carbocycles. The summed E-state index contributed by atoms with van der Waals surface area (Å²) in [6.45, 7) is 2.19. The number of esters is 1. The molecule has 1 unspecified atom stereocenters. The van der Waals surface area contributed by atoms with Gasteiger partial charge >= 0.3 is 5.97 Å². The van der Waals surface area contributed by atoms with E-state index in [9.17, 15) is 9.59 Å². The van der Waals surface area contributed by atoms with Crippen molar-refractivity contribution in [3.05, 3.63) is 45.7 Å². The highest BCUT2D eigenvalue weighted by molar-refractivity contribution is 6.31. The number of fused-ring (bicyclic) bond motifs is 1. The Bertz CT molecular complexity index is 803. The lowest BCUT2D eigenvalue weighted by atomic mass is 10.1. The van der Waals surface area contributed by atoms with Crippen LogP contribution in [0.1, 0.15) is 45.1 Å². The lowest BCUT2D eigenvalue weighted by molar-refractivity contribution is 0.0329. The Morgan fingerprint density at radius 2 is 2.21 bits per heavy atom. The van der Waals surface area contributed by atoms with E-state index >= 15 is 0 Å². The number of H-pyrrole nitrogens is 1. The number of rotatable bonds is 4. The molecule has 3 rings (SSSR count). The molecule has 7 nitrogen and oxygen atoms in total. The Balaban J connectivity index is 1.79. The zero-order valence-electron chi connectivity index (χ0n) is 13.2. The first-order chi connectivity index (χ1) is 11.5. The first-order valence-electron chi connectivity index (χ1n) is 7.41. The van der Waals surface area contributed by atoms with Crippen LogP contribution in [0.4, 0.5) is 0 Å². The molecule has 1 aliphatic heterocycles. The van der Waals surface area contributed by atoms with Crippen LogP contribution in [0.15, 0.2) is 18.2 Å². The summed E-state index contributed by atoms with van der Waals surface area (Å²) in [5, 5.41) is 9.61. The zero-order chi connectivity index (χ0) is 17.3. The Hall–Kier alpha value is -2.54. The van der Waals surface area contributed by atoms with Crippen LogP contribution < -0.4 is 10.1 Å². The van der Waals surface area contributed by atoms with E-state index in [2.05, 4.69) is 15.5 Å². The highest BCUT2D eigenvalue weighted by Crippen LogP contribution is 2.30. The number of carbonyl (C=O) groups excluding carboxylic acids is 2. The van der Waals surface area contributed by atoms with E-state index in [4.69, 9.17) is 21.1 Å². The fourth-order valence-corrected chi connectivity index (χ4v) is 2.92. The van der Waals surface area contributed by atoms with Crippen LogP contribution >= 0.6 is 11.6 Å². The second-order valence-corrected chi connectivity index (χ2v) is 5.77. The average molecular weight is 350 g/mol. The summed E-state index contributed by atoms with van der Waals surface area (Å²) in [6, 6.07) is 5.15. The molecule has 0 saturated heterocycles. The number of carbonyl (C=O) groups is 2. The van der Waals surface area contributed by atoms with E-state index in [0.717, 1.165) is 0 Å². The largest absolute Gasteiger partial charge is 0.497 e. The summed E-state index contributed by atoms with van der Waals surface area (Å²) in [6.07, 6.45) is -0.0353. The molecule has 24 heavy (non-hydrogen) atoms. The van der Waals surface area contributed by atoms with Crippen molar-refractivity contribution in [2.45, 2.75) is 19.4 Å². The highest BCUT2D eigenvalue weighted by Gasteiger charge is 2.28. The van der Waals surface area contributed by atoms with Crippen molar-refractivity contribution in [3.63, 3.8) is 0 Å². The predicted molar refractivity (Wildman–Crippen MR) is 86.5 cm³/mol. The molecular weight excluding hydrogens is 334 g/mol. The van der Waals surface area contributed by atoms with Crippen molar-refractivity contribution in [2.24, 2.45) is 0 Å². The smallest absolute Gasteiger partial charge is 0.357 e. The number of nitrogens with zero attached hydrogens (tertiary/aromatic N) is 1. The molecule has 0 spiro atoms. The normalized spacial score (nSPS) is 14.5. The third-order valence-electron chi connectivity index (χ3n) is 3.88. The maximum Gasteiger partial charge on any atom is 0.357 e. The molecule has 1 aromatic heterocycles. The van der Waals surface area contributed by atoms with E-state index in [-0.39, 0.29) is 17.3 Å². The minimum Gasteiger partial charge on any atom is -0.497 e. The number of amides is 1. The molecule has 0 radical (unpaired) electrons. The fraction of sp³-hybridized carbons (Fsp3) is 0.312. The van der Waals surface area contributed by atoms with E-state index in [0.29, 0.717) is 34.9 Å². The first-order valence-corrected chi connectivity index (χ1v) is 7.79. The van der Waals surface area contributed by atoms with Gasteiger partial charge in [-0.3, -0.25) is 9.89 Å². The number of ether oxygens (including phenoxy) is 2. The molecule has 0 bridgehead atoms. The van der Waals surface area contributed by atoms with Crippen molar-refractivity contribution in [1.29, 1.82) is 0 Å². The first kappa shape index (κ1) is 16.3. The fourth-order valence-electron chi connectivity index (χ4n) is 2.60. The Kier molecular flexibility index (Phi) is 4.44. The molecule has 126 valence electrons. The van der Waals surface area contributed by atoms with Gasteiger partial charge in [-0.2, -0.15) is 5.10 Å². The van der Waals surface area contributed by atoms with Crippen LogP contribution in [0, 0.1) is 0 Å². The van der Waals surface area contributed by atoms with Gasteiger partial charge < -0.3 is 14.8 Å². The topological polar surface area (TPSA) is 93.3 Å². The lowest BCUT2D eigenvalue weighted by Crippen LogP contribution is -2.32. The molecule has 0 aliphatic carbocycles. The number of benzene rings is 1. The van der Waals surface area contributed by atoms with Gasteiger partial charge in [-0.1, -0.05) is 17.7 Å². The van der Waals surface area contributed by atoms with Crippen molar-refractivity contribution in [3.8, 4) is 5.75 Å². The number of nitrogens with one attached hydrogen (secondary N) is 2. The van der Waals surface area contributed by atoms with Crippen LogP contribution in [0.3, 0.4) is 0 Å². The van der Waals surface area contributed by atoms with Crippen molar-refractivity contribution >= 4 is 23.5 Å². The van der Waals surface area contributed by atoms with Gasteiger partial charge in [0.15, 0.2) is 5.69 Å². The molecule has 0 fully saturated rings. The number of aromatic nitrogens is 2. The van der Waals surface area contributed by atoms with Crippen molar-refractivity contribution in [2.75, 3.05) is 13.7 Å². The minimum atomic E-state index is -0.571. The standard InChI is InChI=1S/C16H16ClN3O4/c1-8(10-4-3-9(23-2)7-12(10)17)24-16(22)14-11-5-6-18-15(21)13(11)19-20-14/h3-4,7-8H,5-6H2,1-2H3,(H,18,21)(H,19,20). The number of methoxy groups -OCH3 is 1. The number of halogens is 1. The summed E-state index contributed by atoms with van der Waals surface area (Å²) in [5.41, 5.74) is 1.69. The summed E-state index contributed by atoms with van der Waals surface area (Å²) < 4.78 is 10.6. The van der Waals surface area contributed by atoms with Gasteiger partial charge in [0, 0.05) is 17.7 Å². The SMILES string of the molecule is COc1ccc(C(C)OC(=O)c2[nH]nc3c2CCNC3=O)c(Cl)c1. The van der Waals surface area contributed by atoms with Gasteiger partial charge in [0.2, 0.25) is 0 Å². The number of aromatic amines is 1. The van der Waals surface area contributed by atoms with Gasteiger partial charge in [-0.25, -0.2) is 4.79 Å². The Labute approximate surface area is 143 Å². The third-order valence-corrected chi connectivity index (χ3v) is 4.20. The van der Waals surface area contributed by atoms with Gasteiger partial charge in [0.1, 0.15) is 17.5 Å². The van der Waals surface area contributed by atoms with E-state index < -0.39 is 12.1 Å². The summed E-state index contributed by atoms with van der Waals surface area (Å²) in [7, 11) is 1.55. The second kappa shape index (κ2) is 6.52. The van der Waals surface area contributed by atoms with Crippen LogP contribution in [0.5, 0.6) is 5.75 Å². The lowest BCUT2D eigenvalue weighted by Gasteiger charge is -2.16. The molecule has 1 aliphatic rings. The van der Waals surface area contributed by atoms with Gasteiger partial charge in [-0.15, -0.1) is 0 Å². The predicted octanol–water partition coefficient (Wildman–Crippen LogP) is 2.28. The molecule has 1 amide bonds. The van der Waals surface area contributed by atoms with Gasteiger partial charge in [-0.05, 0) is 25.5 Å². The van der Waals surface area contributed by atoms with Crippen molar-refractivity contribution < 1.29 is 19.1 Å².